The van der Waals surface area contributed by atoms with Gasteiger partial charge in [0.2, 0.25) is 11.9 Å². The number of nitrogens with one attached hydrogen (secondary N) is 5. The van der Waals surface area contributed by atoms with Gasteiger partial charge in [-0.25, -0.2) is 24.5 Å². The zero-order chi connectivity index (χ0) is 37.0. The van der Waals surface area contributed by atoms with Crippen LogP contribution in [0.15, 0.2) is 85.5 Å². The molecule has 17 heteroatoms. The van der Waals surface area contributed by atoms with E-state index in [2.05, 4.69) is 56.5 Å². The van der Waals surface area contributed by atoms with Crippen molar-refractivity contribution in [3.05, 3.63) is 102 Å². The van der Waals surface area contributed by atoms with Gasteiger partial charge in [-0.1, -0.05) is 23.7 Å². The molecule has 4 heterocycles. The molecule has 52 heavy (non-hydrogen) atoms. The summed E-state index contributed by atoms with van der Waals surface area (Å²) in [6.45, 7) is 6.79. The Morgan fingerprint density at radius 3 is 1.81 bits per heavy atom. The first-order chi connectivity index (χ1) is 25.0. The molecule has 6 aromatic rings. The average Bonchev–Trinajstić information content (AvgIpc) is 3.09. The van der Waals surface area contributed by atoms with Gasteiger partial charge in [0.15, 0.2) is 0 Å². The predicted octanol–water partition coefficient (Wildman–Crippen LogP) is 6.45. The SMILES string of the molecule is CB(O)N(C)CCCNc1cc(C)nc(NC(=O)Nc2ccc3cnccc3c2)n1.Cc1cc(Cl)nc(NC(=O)Nc2ccc3cnccc3c2)n1. The van der Waals surface area contributed by atoms with Crippen molar-refractivity contribution < 1.29 is 14.6 Å². The highest BCUT2D eigenvalue weighted by Crippen LogP contribution is 2.20. The fourth-order valence-electron chi connectivity index (χ4n) is 4.88. The highest BCUT2D eigenvalue weighted by molar-refractivity contribution is 6.45. The molecule has 0 aliphatic carbocycles. The number of halogens is 1. The minimum absolute atomic E-state index is 0.160. The lowest BCUT2D eigenvalue weighted by molar-refractivity contribution is 0.261. The molecule has 6 N–H and O–H groups in total. The number of carbonyl (C=O) groups excluding carboxylic acids is 2. The van der Waals surface area contributed by atoms with Gasteiger partial charge in [-0.2, -0.15) is 4.98 Å². The fourth-order valence-corrected chi connectivity index (χ4v) is 5.12. The molecule has 0 spiro atoms. The van der Waals surface area contributed by atoms with E-state index in [-0.39, 0.29) is 17.0 Å². The Labute approximate surface area is 305 Å². The molecule has 0 aliphatic heterocycles. The molecule has 4 amide bonds. The first-order valence-electron chi connectivity index (χ1n) is 16.3. The van der Waals surface area contributed by atoms with Crippen molar-refractivity contribution in [2.45, 2.75) is 27.1 Å². The maximum atomic E-state index is 12.4. The smallest absolute Gasteiger partial charge is 0.376 e. The molecule has 2 aromatic carbocycles. The van der Waals surface area contributed by atoms with Gasteiger partial charge in [0, 0.05) is 70.9 Å². The average molecular weight is 721 g/mol. The molecule has 0 atom stereocenters. The third-order valence-corrected chi connectivity index (χ3v) is 7.75. The lowest BCUT2D eigenvalue weighted by atomic mass is 9.86. The summed E-state index contributed by atoms with van der Waals surface area (Å²) in [6.07, 6.45) is 7.79. The second-order valence-corrected chi connectivity index (χ2v) is 12.2. The minimum atomic E-state index is -0.472. The molecule has 0 bridgehead atoms. The van der Waals surface area contributed by atoms with E-state index in [4.69, 9.17) is 11.6 Å². The predicted molar refractivity (Wildman–Crippen MR) is 207 cm³/mol. The zero-order valence-corrected chi connectivity index (χ0v) is 29.8. The van der Waals surface area contributed by atoms with Crippen LogP contribution in [0.2, 0.25) is 12.0 Å². The van der Waals surface area contributed by atoms with Crippen LogP contribution in [0.25, 0.3) is 21.5 Å². The number of urea groups is 2. The van der Waals surface area contributed by atoms with Crippen LogP contribution < -0.4 is 26.6 Å². The summed E-state index contributed by atoms with van der Waals surface area (Å²) in [5.41, 5.74) is 2.74. The Morgan fingerprint density at radius 2 is 1.27 bits per heavy atom. The Morgan fingerprint density at radius 1 is 0.731 bits per heavy atom. The van der Waals surface area contributed by atoms with E-state index in [1.165, 1.54) is 0 Å². The number of hydrogen-bond donors (Lipinski definition) is 6. The van der Waals surface area contributed by atoms with E-state index in [9.17, 15) is 14.6 Å². The van der Waals surface area contributed by atoms with Gasteiger partial charge in [-0.05, 0) is 93.9 Å². The first-order valence-corrected chi connectivity index (χ1v) is 16.7. The minimum Gasteiger partial charge on any atom is -0.437 e. The van der Waals surface area contributed by atoms with Gasteiger partial charge < -0.3 is 25.8 Å². The quantitative estimate of drug-likeness (QED) is 0.0517. The number of rotatable bonds is 10. The molecule has 15 nitrogen and oxygen atoms in total. The van der Waals surface area contributed by atoms with Crippen LogP contribution in [0.5, 0.6) is 0 Å². The zero-order valence-electron chi connectivity index (χ0n) is 29.1. The summed E-state index contributed by atoms with van der Waals surface area (Å²) in [6, 6.07) is 17.5. The molecule has 0 fully saturated rings. The third kappa shape index (κ3) is 11.3. The van der Waals surface area contributed by atoms with Gasteiger partial charge in [0.05, 0.1) is 0 Å². The number of aryl methyl sites for hydroxylation is 2. The van der Waals surface area contributed by atoms with E-state index < -0.39 is 19.1 Å². The summed E-state index contributed by atoms with van der Waals surface area (Å²) in [4.78, 5) is 51.0. The normalized spacial score (nSPS) is 10.7. The largest absolute Gasteiger partial charge is 0.437 e. The van der Waals surface area contributed by atoms with Crippen LogP contribution in [0, 0.1) is 13.8 Å². The second kappa shape index (κ2) is 17.8. The molecular weight excluding hydrogens is 683 g/mol. The van der Waals surface area contributed by atoms with Crippen molar-refractivity contribution in [1.82, 2.24) is 34.7 Å². The van der Waals surface area contributed by atoms with E-state index in [0.717, 1.165) is 40.2 Å². The van der Waals surface area contributed by atoms with E-state index in [1.54, 1.807) is 50.7 Å². The Hall–Kier alpha value is -5.97. The first kappa shape index (κ1) is 37.3. The highest BCUT2D eigenvalue weighted by Gasteiger charge is 2.11. The van der Waals surface area contributed by atoms with Gasteiger partial charge >= 0.3 is 19.1 Å². The molecule has 0 saturated heterocycles. The maximum absolute atomic E-state index is 12.4. The van der Waals surface area contributed by atoms with Gasteiger partial charge in [0.25, 0.3) is 0 Å². The number of aromatic nitrogens is 6. The number of carbonyl (C=O) groups is 2. The van der Waals surface area contributed by atoms with Crippen LogP contribution in [-0.4, -0.2) is 79.0 Å². The number of fused-ring (bicyclic) bond motifs is 2. The van der Waals surface area contributed by atoms with Crippen molar-refractivity contribution in [3.8, 4) is 0 Å². The van der Waals surface area contributed by atoms with Crippen LogP contribution in [0.4, 0.5) is 38.7 Å². The topological polar surface area (TPSA) is 195 Å². The van der Waals surface area contributed by atoms with Crippen LogP contribution >= 0.6 is 11.6 Å². The second-order valence-electron chi connectivity index (χ2n) is 11.8. The van der Waals surface area contributed by atoms with Crippen molar-refractivity contribution in [2.75, 3.05) is 46.7 Å². The third-order valence-electron chi connectivity index (χ3n) is 7.56. The number of benzene rings is 2. The summed E-state index contributed by atoms with van der Waals surface area (Å²) in [7, 11) is 1.40. The number of anilines is 5. The lowest BCUT2D eigenvalue weighted by Crippen LogP contribution is -2.34. The van der Waals surface area contributed by atoms with E-state index in [1.807, 2.05) is 67.3 Å². The molecule has 6 rings (SSSR count). The number of pyridine rings is 2. The maximum Gasteiger partial charge on any atom is 0.376 e. The van der Waals surface area contributed by atoms with Crippen molar-refractivity contribution in [2.24, 2.45) is 0 Å². The molecule has 0 saturated carbocycles. The Bertz CT molecular complexity index is 2150. The number of hydrogen-bond acceptors (Lipinski definition) is 11. The standard InChI is InChI=1S/C20H26BN7O2.C15H12ClN5O/c1-14-11-18(23-8-4-10-28(3)21(2)30)26-19(24-14)27-20(29)25-17-6-5-16-13-22-9-7-15(16)12-17;1-9-6-13(16)20-14(18-9)21-15(22)19-12-3-2-11-8-17-5-4-10(11)7-12/h5-7,9,11-13,30H,4,8,10H2,1-3H3,(H3,23,24,25,26,27,29);2-8H,1H3,(H2,18,19,20,21,22). The lowest BCUT2D eigenvalue weighted by Gasteiger charge is -2.17. The number of nitrogens with zero attached hydrogens (tertiary/aromatic N) is 7. The highest BCUT2D eigenvalue weighted by atomic mass is 35.5. The van der Waals surface area contributed by atoms with Gasteiger partial charge in [-0.15, -0.1) is 0 Å². The van der Waals surface area contributed by atoms with Crippen molar-refractivity contribution >= 4 is 81.3 Å². The van der Waals surface area contributed by atoms with Crippen molar-refractivity contribution in [3.63, 3.8) is 0 Å². The summed E-state index contributed by atoms with van der Waals surface area (Å²) in [5, 5.41) is 27.7. The van der Waals surface area contributed by atoms with Crippen LogP contribution in [0.3, 0.4) is 0 Å². The van der Waals surface area contributed by atoms with Crippen molar-refractivity contribution in [1.29, 1.82) is 0 Å². The fraction of sp³-hybridized carbons (Fsp3) is 0.200. The molecule has 266 valence electrons. The summed E-state index contributed by atoms with van der Waals surface area (Å²) >= 11 is 5.83. The Balaban J connectivity index is 0.000000210. The Kier molecular flexibility index (Phi) is 12.8. The van der Waals surface area contributed by atoms with Gasteiger partial charge in [-0.3, -0.25) is 20.6 Å². The molecule has 0 unspecified atom stereocenters. The van der Waals surface area contributed by atoms with E-state index in [0.29, 0.717) is 29.4 Å². The number of amides is 4. The molecular formula is C35H38BClN12O3. The summed E-state index contributed by atoms with van der Waals surface area (Å²) in [5.74, 6) is 1.02. The van der Waals surface area contributed by atoms with E-state index >= 15 is 0 Å². The van der Waals surface area contributed by atoms with Crippen LogP contribution in [-0.2, 0) is 0 Å². The van der Waals surface area contributed by atoms with Crippen LogP contribution in [0.1, 0.15) is 17.8 Å². The molecule has 0 radical (unpaired) electrons. The summed E-state index contributed by atoms with van der Waals surface area (Å²) < 4.78 is 0. The van der Waals surface area contributed by atoms with Gasteiger partial charge in [0.1, 0.15) is 11.0 Å². The molecule has 4 aromatic heterocycles. The monoisotopic (exact) mass is 720 g/mol. The molecule has 0 aliphatic rings.